The largest absolute Gasteiger partial charge is 0.314 e. The van der Waals surface area contributed by atoms with E-state index in [1.807, 2.05) is 11.8 Å². The molecule has 102 valence electrons. The average Bonchev–Trinajstić information content (AvgIpc) is 2.34. The van der Waals surface area contributed by atoms with Gasteiger partial charge in [-0.05, 0) is 57.2 Å². The maximum atomic E-state index is 3.69. The van der Waals surface area contributed by atoms with E-state index in [0.717, 1.165) is 18.0 Å². The Balaban J connectivity index is 2.30. The van der Waals surface area contributed by atoms with Crippen LogP contribution in [0, 0.1) is 5.92 Å². The van der Waals surface area contributed by atoms with Crippen molar-refractivity contribution in [2.24, 2.45) is 5.92 Å². The number of nitrogens with zero attached hydrogens (tertiary/aromatic N) is 1. The number of hydrogen-bond donors (Lipinski definition) is 1. The molecule has 1 aliphatic rings. The van der Waals surface area contributed by atoms with Gasteiger partial charge in [0.25, 0.3) is 0 Å². The van der Waals surface area contributed by atoms with Crippen molar-refractivity contribution in [1.29, 1.82) is 0 Å². The van der Waals surface area contributed by atoms with Crippen LogP contribution in [0.25, 0.3) is 0 Å². The lowest BCUT2D eigenvalue weighted by atomic mass is 9.92. The third-order valence-corrected chi connectivity index (χ3v) is 4.60. The van der Waals surface area contributed by atoms with Crippen molar-refractivity contribution >= 4 is 11.8 Å². The van der Waals surface area contributed by atoms with Gasteiger partial charge < -0.3 is 10.2 Å². The van der Waals surface area contributed by atoms with Crippen LogP contribution < -0.4 is 5.32 Å². The van der Waals surface area contributed by atoms with Crippen LogP contribution in [0.15, 0.2) is 0 Å². The second kappa shape index (κ2) is 8.39. The minimum atomic E-state index is 0.749. The van der Waals surface area contributed by atoms with E-state index in [0.29, 0.717) is 0 Å². The minimum Gasteiger partial charge on any atom is -0.314 e. The molecule has 3 atom stereocenters. The fourth-order valence-electron chi connectivity index (χ4n) is 2.68. The van der Waals surface area contributed by atoms with E-state index in [2.05, 4.69) is 37.2 Å². The maximum Gasteiger partial charge on any atom is 0.0117 e. The summed E-state index contributed by atoms with van der Waals surface area (Å²) < 4.78 is 0. The molecule has 3 unspecified atom stereocenters. The summed E-state index contributed by atoms with van der Waals surface area (Å²) in [5.74, 6) is 2.09. The van der Waals surface area contributed by atoms with Crippen molar-refractivity contribution in [3.8, 4) is 0 Å². The van der Waals surface area contributed by atoms with Crippen LogP contribution in [0.2, 0.25) is 0 Å². The second-order valence-corrected chi connectivity index (χ2v) is 6.44. The number of likely N-dealkylation sites (tertiary alicyclic amines) is 1. The van der Waals surface area contributed by atoms with E-state index in [-0.39, 0.29) is 0 Å². The summed E-state index contributed by atoms with van der Waals surface area (Å²) in [6, 6.07) is 1.51. The van der Waals surface area contributed by atoms with Gasteiger partial charge in [-0.1, -0.05) is 13.8 Å². The van der Waals surface area contributed by atoms with E-state index in [1.54, 1.807) is 0 Å². The SMILES string of the molecule is CCCNC1CCN(C(C)CCSC)CC1C. The Bertz CT molecular complexity index is 199. The minimum absolute atomic E-state index is 0.749. The van der Waals surface area contributed by atoms with Gasteiger partial charge >= 0.3 is 0 Å². The number of piperidine rings is 1. The first-order valence-corrected chi connectivity index (χ1v) is 8.54. The van der Waals surface area contributed by atoms with Gasteiger partial charge in [-0.2, -0.15) is 11.8 Å². The molecule has 2 nitrogen and oxygen atoms in total. The van der Waals surface area contributed by atoms with Crippen LogP contribution in [0.3, 0.4) is 0 Å². The zero-order chi connectivity index (χ0) is 12.7. The Hall–Kier alpha value is 0.270. The number of rotatable bonds is 7. The van der Waals surface area contributed by atoms with Crippen LogP contribution in [0.4, 0.5) is 0 Å². The van der Waals surface area contributed by atoms with Crippen molar-refractivity contribution in [3.63, 3.8) is 0 Å². The maximum absolute atomic E-state index is 3.69. The Morgan fingerprint density at radius 3 is 2.82 bits per heavy atom. The molecule has 1 heterocycles. The monoisotopic (exact) mass is 258 g/mol. The molecule has 0 aromatic rings. The van der Waals surface area contributed by atoms with Gasteiger partial charge in [-0.3, -0.25) is 0 Å². The number of nitrogens with one attached hydrogen (secondary N) is 1. The third-order valence-electron chi connectivity index (χ3n) is 3.96. The second-order valence-electron chi connectivity index (χ2n) is 5.45. The fourth-order valence-corrected chi connectivity index (χ4v) is 3.26. The van der Waals surface area contributed by atoms with Crippen molar-refractivity contribution < 1.29 is 0 Å². The Morgan fingerprint density at radius 2 is 2.24 bits per heavy atom. The average molecular weight is 258 g/mol. The van der Waals surface area contributed by atoms with E-state index in [9.17, 15) is 0 Å². The third kappa shape index (κ3) is 5.19. The van der Waals surface area contributed by atoms with Gasteiger partial charge in [0.2, 0.25) is 0 Å². The summed E-state index contributed by atoms with van der Waals surface area (Å²) >= 11 is 1.97. The molecule has 0 amide bonds. The molecule has 0 aromatic heterocycles. The molecule has 0 spiro atoms. The highest BCUT2D eigenvalue weighted by Crippen LogP contribution is 2.20. The number of hydrogen-bond acceptors (Lipinski definition) is 3. The van der Waals surface area contributed by atoms with Crippen molar-refractivity contribution in [2.45, 2.75) is 52.1 Å². The standard InChI is InChI=1S/C14H30N2S/c1-5-8-15-14-6-9-16(11-12(14)2)13(3)7-10-17-4/h12-15H,5-11H2,1-4H3. The number of thioether (sulfide) groups is 1. The van der Waals surface area contributed by atoms with E-state index < -0.39 is 0 Å². The van der Waals surface area contributed by atoms with Crippen LogP contribution in [-0.2, 0) is 0 Å². The van der Waals surface area contributed by atoms with E-state index >= 15 is 0 Å². The van der Waals surface area contributed by atoms with Crippen molar-refractivity contribution in [1.82, 2.24) is 10.2 Å². The van der Waals surface area contributed by atoms with Gasteiger partial charge in [-0.25, -0.2) is 0 Å². The topological polar surface area (TPSA) is 15.3 Å². The normalized spacial score (nSPS) is 28.2. The predicted molar refractivity (Wildman–Crippen MR) is 79.9 cm³/mol. The highest BCUT2D eigenvalue weighted by molar-refractivity contribution is 7.98. The lowest BCUT2D eigenvalue weighted by Crippen LogP contribution is -2.51. The first-order valence-electron chi connectivity index (χ1n) is 7.15. The molecule has 0 aliphatic carbocycles. The molecule has 3 heteroatoms. The summed E-state index contributed by atoms with van der Waals surface area (Å²) in [5.41, 5.74) is 0. The van der Waals surface area contributed by atoms with Gasteiger partial charge in [-0.15, -0.1) is 0 Å². The summed E-state index contributed by atoms with van der Waals surface area (Å²) in [4.78, 5) is 2.69. The van der Waals surface area contributed by atoms with Crippen LogP contribution >= 0.6 is 11.8 Å². The first-order chi connectivity index (χ1) is 8.19. The zero-order valence-corrected chi connectivity index (χ0v) is 12.9. The summed E-state index contributed by atoms with van der Waals surface area (Å²) in [5, 5.41) is 3.69. The molecular weight excluding hydrogens is 228 g/mol. The lowest BCUT2D eigenvalue weighted by Gasteiger charge is -2.40. The van der Waals surface area contributed by atoms with Crippen molar-refractivity contribution in [3.05, 3.63) is 0 Å². The van der Waals surface area contributed by atoms with Crippen LogP contribution in [0.5, 0.6) is 0 Å². The molecule has 0 saturated carbocycles. The molecule has 1 rings (SSSR count). The quantitative estimate of drug-likeness (QED) is 0.756. The Labute approximate surface area is 112 Å². The smallest absolute Gasteiger partial charge is 0.0117 e. The molecule has 1 N–H and O–H groups in total. The molecule has 1 fully saturated rings. The highest BCUT2D eigenvalue weighted by atomic mass is 32.2. The first kappa shape index (κ1) is 15.3. The van der Waals surface area contributed by atoms with Crippen LogP contribution in [-0.4, -0.2) is 48.6 Å². The van der Waals surface area contributed by atoms with Gasteiger partial charge in [0, 0.05) is 18.6 Å². The zero-order valence-electron chi connectivity index (χ0n) is 12.0. The summed E-state index contributed by atoms with van der Waals surface area (Å²) in [6.45, 7) is 10.8. The molecular formula is C14H30N2S. The summed E-state index contributed by atoms with van der Waals surface area (Å²) in [7, 11) is 0. The van der Waals surface area contributed by atoms with Crippen molar-refractivity contribution in [2.75, 3.05) is 31.6 Å². The molecule has 17 heavy (non-hydrogen) atoms. The van der Waals surface area contributed by atoms with E-state index in [4.69, 9.17) is 0 Å². The molecule has 0 radical (unpaired) electrons. The predicted octanol–water partition coefficient (Wildman–Crippen LogP) is 2.84. The molecule has 1 aliphatic heterocycles. The van der Waals surface area contributed by atoms with E-state index in [1.165, 1.54) is 44.6 Å². The Morgan fingerprint density at radius 1 is 1.47 bits per heavy atom. The highest BCUT2D eigenvalue weighted by Gasteiger charge is 2.27. The fraction of sp³-hybridized carbons (Fsp3) is 1.00. The van der Waals surface area contributed by atoms with Gasteiger partial charge in [0.05, 0.1) is 0 Å². The van der Waals surface area contributed by atoms with Gasteiger partial charge in [0.15, 0.2) is 0 Å². The Kier molecular flexibility index (Phi) is 7.56. The molecule has 0 bridgehead atoms. The lowest BCUT2D eigenvalue weighted by molar-refractivity contribution is 0.110. The summed E-state index contributed by atoms with van der Waals surface area (Å²) in [6.07, 6.45) is 6.11. The van der Waals surface area contributed by atoms with Crippen LogP contribution in [0.1, 0.15) is 40.0 Å². The molecule has 0 aromatic carbocycles. The molecule has 1 saturated heterocycles. The van der Waals surface area contributed by atoms with Gasteiger partial charge in [0.1, 0.15) is 0 Å².